The molecule has 2 N–H and O–H groups in total. The minimum absolute atomic E-state index is 0. The first-order valence-corrected chi connectivity index (χ1v) is 6.77. The van der Waals surface area contributed by atoms with Crippen LogP contribution in [0.15, 0.2) is 29.2 Å². The van der Waals surface area contributed by atoms with Crippen LogP contribution >= 0.6 is 12.4 Å². The Kier molecular flexibility index (Phi) is 6.91. The summed E-state index contributed by atoms with van der Waals surface area (Å²) in [7, 11) is -2.17. The smallest absolute Gasteiger partial charge is 0.289 e. The van der Waals surface area contributed by atoms with Crippen molar-refractivity contribution in [3.8, 4) is 0 Å². The standard InChI is InChI=1S/C10H15N3O4S.ClH/c1-8(11-2)7-12-18(16,17)10-6-4-3-5-9(10)13(14)15;/h3-6,8,11-12H,7H2,1-2H3;1H. The highest BCUT2D eigenvalue weighted by atomic mass is 35.5. The highest BCUT2D eigenvalue weighted by molar-refractivity contribution is 7.89. The summed E-state index contributed by atoms with van der Waals surface area (Å²) in [6.45, 7) is 1.95. The Morgan fingerprint density at radius 2 is 1.95 bits per heavy atom. The van der Waals surface area contributed by atoms with Crippen LogP contribution < -0.4 is 10.0 Å². The minimum atomic E-state index is -3.87. The van der Waals surface area contributed by atoms with Crippen molar-refractivity contribution in [2.45, 2.75) is 17.9 Å². The van der Waals surface area contributed by atoms with Crippen molar-refractivity contribution < 1.29 is 13.3 Å². The molecule has 1 aromatic carbocycles. The zero-order valence-corrected chi connectivity index (χ0v) is 12.1. The molecule has 0 aliphatic heterocycles. The predicted molar refractivity (Wildman–Crippen MR) is 74.1 cm³/mol. The van der Waals surface area contributed by atoms with Gasteiger partial charge in [-0.1, -0.05) is 12.1 Å². The van der Waals surface area contributed by atoms with Gasteiger partial charge < -0.3 is 5.32 Å². The normalized spacial score (nSPS) is 12.5. The number of hydrogen-bond acceptors (Lipinski definition) is 5. The summed E-state index contributed by atoms with van der Waals surface area (Å²) >= 11 is 0. The van der Waals surface area contributed by atoms with Crippen molar-refractivity contribution in [3.05, 3.63) is 34.4 Å². The van der Waals surface area contributed by atoms with Gasteiger partial charge in [0.25, 0.3) is 5.69 Å². The fourth-order valence-electron chi connectivity index (χ4n) is 1.25. The van der Waals surface area contributed by atoms with Gasteiger partial charge in [0, 0.05) is 18.7 Å². The molecular formula is C10H16ClN3O4S. The molecule has 1 aromatic rings. The summed E-state index contributed by atoms with van der Waals surface area (Å²) < 4.78 is 26.2. The van der Waals surface area contributed by atoms with Gasteiger partial charge in [-0.05, 0) is 20.0 Å². The third-order valence-electron chi connectivity index (χ3n) is 2.42. The minimum Gasteiger partial charge on any atom is -0.316 e. The largest absolute Gasteiger partial charge is 0.316 e. The topological polar surface area (TPSA) is 101 Å². The summed E-state index contributed by atoms with van der Waals surface area (Å²) in [6, 6.07) is 5.18. The number of nitrogens with one attached hydrogen (secondary N) is 2. The molecule has 0 aromatic heterocycles. The highest BCUT2D eigenvalue weighted by Crippen LogP contribution is 2.22. The molecule has 7 nitrogen and oxygen atoms in total. The highest BCUT2D eigenvalue weighted by Gasteiger charge is 2.24. The quantitative estimate of drug-likeness (QED) is 0.600. The molecule has 1 rings (SSSR count). The number of hydrogen-bond donors (Lipinski definition) is 2. The first kappa shape index (κ1) is 17.8. The van der Waals surface area contributed by atoms with E-state index in [1.165, 1.54) is 18.2 Å². The van der Waals surface area contributed by atoms with E-state index >= 15 is 0 Å². The van der Waals surface area contributed by atoms with E-state index in [2.05, 4.69) is 10.0 Å². The van der Waals surface area contributed by atoms with Crippen LogP contribution in [0.25, 0.3) is 0 Å². The first-order chi connectivity index (χ1) is 8.38. The number of halogens is 1. The summed E-state index contributed by atoms with van der Waals surface area (Å²) in [5.41, 5.74) is -0.429. The van der Waals surface area contributed by atoms with E-state index < -0.39 is 20.6 Å². The lowest BCUT2D eigenvalue weighted by Gasteiger charge is -2.11. The third kappa shape index (κ3) is 4.75. The lowest BCUT2D eigenvalue weighted by molar-refractivity contribution is -0.387. The average molecular weight is 310 g/mol. The Morgan fingerprint density at radius 3 is 2.47 bits per heavy atom. The van der Waals surface area contributed by atoms with Gasteiger partial charge in [0.15, 0.2) is 4.90 Å². The van der Waals surface area contributed by atoms with Crippen molar-refractivity contribution in [1.82, 2.24) is 10.0 Å². The fraction of sp³-hybridized carbons (Fsp3) is 0.400. The Labute approximate surface area is 118 Å². The van der Waals surface area contributed by atoms with Crippen molar-refractivity contribution in [3.63, 3.8) is 0 Å². The van der Waals surface area contributed by atoms with E-state index in [-0.39, 0.29) is 29.9 Å². The molecule has 0 amide bonds. The SMILES string of the molecule is CNC(C)CNS(=O)(=O)c1ccccc1[N+](=O)[O-].Cl. The van der Waals surface area contributed by atoms with E-state index in [0.717, 1.165) is 6.07 Å². The molecule has 0 fully saturated rings. The molecule has 0 aliphatic carbocycles. The maximum atomic E-state index is 11.9. The second kappa shape index (κ2) is 7.39. The van der Waals surface area contributed by atoms with Gasteiger partial charge in [0.2, 0.25) is 10.0 Å². The molecule has 0 bridgehead atoms. The predicted octanol–water partition coefficient (Wildman–Crippen LogP) is 0.903. The fourth-order valence-corrected chi connectivity index (χ4v) is 2.55. The first-order valence-electron chi connectivity index (χ1n) is 5.29. The molecule has 0 heterocycles. The van der Waals surface area contributed by atoms with Crippen molar-refractivity contribution >= 4 is 28.1 Å². The van der Waals surface area contributed by atoms with Gasteiger partial charge in [-0.2, -0.15) is 0 Å². The molecule has 9 heteroatoms. The molecule has 19 heavy (non-hydrogen) atoms. The van der Waals surface area contributed by atoms with E-state index in [0.29, 0.717) is 0 Å². The number of nitro benzene ring substituents is 1. The zero-order chi connectivity index (χ0) is 13.8. The van der Waals surface area contributed by atoms with Crippen molar-refractivity contribution in [2.24, 2.45) is 0 Å². The van der Waals surface area contributed by atoms with Crippen molar-refractivity contribution in [1.29, 1.82) is 0 Å². The molecule has 0 spiro atoms. The van der Waals surface area contributed by atoms with E-state index in [1.54, 1.807) is 14.0 Å². The van der Waals surface area contributed by atoms with Gasteiger partial charge >= 0.3 is 0 Å². The Balaban J connectivity index is 0.00000324. The van der Waals surface area contributed by atoms with Crippen LogP contribution in [0, 0.1) is 10.1 Å². The second-order valence-corrected chi connectivity index (χ2v) is 5.50. The second-order valence-electron chi connectivity index (χ2n) is 3.77. The van der Waals surface area contributed by atoms with Crippen LogP contribution in [0.3, 0.4) is 0 Å². The number of sulfonamides is 1. The number of rotatable bonds is 6. The summed E-state index contributed by atoms with van der Waals surface area (Å²) in [6.07, 6.45) is 0. The molecule has 0 saturated heterocycles. The molecular weight excluding hydrogens is 294 g/mol. The maximum absolute atomic E-state index is 11.9. The van der Waals surface area contributed by atoms with Gasteiger partial charge in [-0.3, -0.25) is 10.1 Å². The van der Waals surface area contributed by atoms with Crippen LogP contribution in [-0.2, 0) is 10.0 Å². The molecule has 1 unspecified atom stereocenters. The summed E-state index contributed by atoms with van der Waals surface area (Å²) in [5, 5.41) is 13.6. The molecule has 0 radical (unpaired) electrons. The number of para-hydroxylation sites is 1. The van der Waals surface area contributed by atoms with Crippen molar-refractivity contribution in [2.75, 3.05) is 13.6 Å². The average Bonchev–Trinajstić information content (AvgIpc) is 2.36. The van der Waals surface area contributed by atoms with Crippen LogP contribution in [0.2, 0.25) is 0 Å². The van der Waals surface area contributed by atoms with E-state index in [4.69, 9.17) is 0 Å². The number of nitrogens with zero attached hydrogens (tertiary/aromatic N) is 1. The van der Waals surface area contributed by atoms with Gasteiger partial charge in [-0.15, -0.1) is 12.4 Å². The van der Waals surface area contributed by atoms with E-state index in [1.807, 2.05) is 0 Å². The van der Waals surface area contributed by atoms with Gasteiger partial charge in [0.05, 0.1) is 4.92 Å². The Morgan fingerprint density at radius 1 is 1.37 bits per heavy atom. The molecule has 108 valence electrons. The molecule has 0 saturated carbocycles. The van der Waals surface area contributed by atoms with Crippen LogP contribution in [0.5, 0.6) is 0 Å². The number of likely N-dealkylation sites (N-methyl/N-ethyl adjacent to an activating group) is 1. The maximum Gasteiger partial charge on any atom is 0.289 e. The van der Waals surface area contributed by atoms with Crippen LogP contribution in [0.4, 0.5) is 5.69 Å². The summed E-state index contributed by atoms with van der Waals surface area (Å²) in [5.74, 6) is 0. The van der Waals surface area contributed by atoms with Gasteiger partial charge in [-0.25, -0.2) is 13.1 Å². The lowest BCUT2D eigenvalue weighted by atomic mass is 10.3. The van der Waals surface area contributed by atoms with Gasteiger partial charge in [0.1, 0.15) is 0 Å². The monoisotopic (exact) mass is 309 g/mol. The zero-order valence-electron chi connectivity index (χ0n) is 10.5. The van der Waals surface area contributed by atoms with E-state index in [9.17, 15) is 18.5 Å². The Bertz CT molecular complexity index is 535. The van der Waals surface area contributed by atoms with Crippen LogP contribution in [-0.4, -0.2) is 33.0 Å². The third-order valence-corrected chi connectivity index (χ3v) is 3.89. The molecule has 0 aliphatic rings. The lowest BCUT2D eigenvalue weighted by Crippen LogP contribution is -2.37. The summed E-state index contributed by atoms with van der Waals surface area (Å²) in [4.78, 5) is 9.73. The van der Waals surface area contributed by atoms with Crippen LogP contribution in [0.1, 0.15) is 6.92 Å². The number of benzene rings is 1. The Hall–Kier alpha value is -1.22. The number of nitro groups is 1. The molecule has 1 atom stereocenters.